The SMILES string of the molecule is CC(C)(C)c1ccnc(-n2c3[c-]c(Oc4[c-]c(N5[CH-]N(c6ccccc6)c6ccccc65)cc(-c5c(-c6ccccc6)cccc5-c5ccccc5)c4)ccc3c3ccccc32)c1.[Pt]. The average Bonchev–Trinajstić information content (AvgIpc) is 3.88. The number of para-hydroxylation sites is 4. The van der Waals surface area contributed by atoms with Gasteiger partial charge in [-0.25, -0.2) is 4.98 Å². The van der Waals surface area contributed by atoms with Gasteiger partial charge < -0.3 is 19.1 Å². The summed E-state index contributed by atoms with van der Waals surface area (Å²) in [6.07, 6.45) is 1.91. The number of fused-ring (bicyclic) bond motifs is 4. The fourth-order valence-electron chi connectivity index (χ4n) is 8.83. The van der Waals surface area contributed by atoms with Crippen molar-refractivity contribution in [3.05, 3.63) is 225 Å². The molecule has 0 amide bonds. The Morgan fingerprint density at radius 3 is 1.84 bits per heavy atom. The van der Waals surface area contributed by atoms with Crippen molar-refractivity contribution >= 4 is 44.6 Å². The van der Waals surface area contributed by atoms with Gasteiger partial charge in [-0.2, -0.15) is 6.07 Å². The second kappa shape index (κ2) is 16.8. The van der Waals surface area contributed by atoms with Gasteiger partial charge in [-0.05, 0) is 86.6 Å². The first kappa shape index (κ1) is 40.8. The smallest absolute Gasteiger partial charge is 0.135 e. The Labute approximate surface area is 389 Å². The maximum Gasteiger partial charge on any atom is 0.135 e. The van der Waals surface area contributed by atoms with Crippen molar-refractivity contribution in [2.75, 3.05) is 9.80 Å². The molecule has 314 valence electrons. The van der Waals surface area contributed by atoms with Crippen molar-refractivity contribution in [1.29, 1.82) is 0 Å². The molecule has 10 aromatic rings. The molecule has 0 bridgehead atoms. The van der Waals surface area contributed by atoms with E-state index in [4.69, 9.17) is 9.72 Å². The van der Waals surface area contributed by atoms with Crippen LogP contribution in [0, 0.1) is 18.8 Å². The second-order valence-corrected chi connectivity index (χ2v) is 17.0. The predicted octanol–water partition coefficient (Wildman–Crippen LogP) is 15.3. The van der Waals surface area contributed by atoms with Gasteiger partial charge in [0.1, 0.15) is 5.82 Å². The summed E-state index contributed by atoms with van der Waals surface area (Å²) in [4.78, 5) is 9.35. The number of pyridine rings is 1. The topological polar surface area (TPSA) is 33.5 Å². The van der Waals surface area contributed by atoms with E-state index in [1.54, 1.807) is 0 Å². The molecule has 3 heterocycles. The molecular formula is C58H43N4OPt-3. The summed E-state index contributed by atoms with van der Waals surface area (Å²) in [5.41, 5.74) is 13.8. The first-order chi connectivity index (χ1) is 30.9. The quantitative estimate of drug-likeness (QED) is 0.142. The van der Waals surface area contributed by atoms with E-state index in [0.717, 1.165) is 83.8 Å². The summed E-state index contributed by atoms with van der Waals surface area (Å²) >= 11 is 0. The Balaban J connectivity index is 0.00000484. The summed E-state index contributed by atoms with van der Waals surface area (Å²) in [6.45, 7) is 8.84. The molecule has 0 saturated carbocycles. The molecule has 6 heteroatoms. The van der Waals surface area contributed by atoms with Crippen LogP contribution in [0.4, 0.5) is 22.7 Å². The van der Waals surface area contributed by atoms with E-state index in [9.17, 15) is 0 Å². The molecule has 0 atom stereocenters. The largest absolute Gasteiger partial charge is 0.509 e. The maximum absolute atomic E-state index is 7.01. The van der Waals surface area contributed by atoms with E-state index in [1.165, 1.54) is 5.56 Å². The maximum atomic E-state index is 7.01. The van der Waals surface area contributed by atoms with Crippen LogP contribution in [0.3, 0.4) is 0 Å². The monoisotopic (exact) mass is 1010 g/mol. The number of hydrogen-bond acceptors (Lipinski definition) is 4. The molecule has 1 aliphatic heterocycles. The van der Waals surface area contributed by atoms with Crippen LogP contribution in [-0.2, 0) is 26.5 Å². The van der Waals surface area contributed by atoms with E-state index >= 15 is 0 Å². The van der Waals surface area contributed by atoms with Gasteiger partial charge in [-0.15, -0.1) is 53.6 Å². The van der Waals surface area contributed by atoms with Gasteiger partial charge in [0.25, 0.3) is 0 Å². The van der Waals surface area contributed by atoms with Crippen LogP contribution in [0.5, 0.6) is 11.5 Å². The van der Waals surface area contributed by atoms with Crippen LogP contribution in [-0.4, -0.2) is 9.55 Å². The molecule has 0 fully saturated rings. The van der Waals surface area contributed by atoms with Gasteiger partial charge in [0.15, 0.2) is 0 Å². The molecule has 0 saturated heterocycles. The Bertz CT molecular complexity index is 3230. The van der Waals surface area contributed by atoms with Crippen molar-refractivity contribution < 1.29 is 25.8 Å². The average molecular weight is 1010 g/mol. The fraction of sp³-hybridized carbons (Fsp3) is 0.0690. The summed E-state index contributed by atoms with van der Waals surface area (Å²) in [7, 11) is 0. The van der Waals surface area contributed by atoms with E-state index in [0.29, 0.717) is 11.5 Å². The van der Waals surface area contributed by atoms with E-state index in [1.807, 2.05) is 18.3 Å². The molecule has 1 aliphatic rings. The van der Waals surface area contributed by atoms with E-state index < -0.39 is 0 Å². The Hall–Kier alpha value is -7.20. The third-order valence-corrected chi connectivity index (χ3v) is 11.9. The first-order valence-corrected chi connectivity index (χ1v) is 21.4. The number of anilines is 4. The Morgan fingerprint density at radius 1 is 0.531 bits per heavy atom. The fourth-order valence-corrected chi connectivity index (χ4v) is 8.83. The van der Waals surface area contributed by atoms with Gasteiger partial charge >= 0.3 is 0 Å². The molecule has 0 unspecified atom stereocenters. The van der Waals surface area contributed by atoms with Gasteiger partial charge in [-0.1, -0.05) is 154 Å². The van der Waals surface area contributed by atoms with Crippen molar-refractivity contribution in [3.63, 3.8) is 0 Å². The zero-order chi connectivity index (χ0) is 42.5. The number of rotatable bonds is 8. The predicted molar refractivity (Wildman–Crippen MR) is 259 cm³/mol. The number of aromatic nitrogens is 2. The molecule has 0 radical (unpaired) electrons. The van der Waals surface area contributed by atoms with Gasteiger partial charge in [0.2, 0.25) is 0 Å². The molecular weight excluding hydrogens is 964 g/mol. The van der Waals surface area contributed by atoms with Gasteiger partial charge in [0.05, 0.1) is 0 Å². The van der Waals surface area contributed by atoms with Gasteiger partial charge in [-0.3, -0.25) is 0 Å². The summed E-state index contributed by atoms with van der Waals surface area (Å²) in [5, 5.41) is 2.21. The molecule has 8 aromatic carbocycles. The second-order valence-electron chi connectivity index (χ2n) is 17.0. The molecule has 5 nitrogen and oxygen atoms in total. The molecule has 0 N–H and O–H groups in total. The van der Waals surface area contributed by atoms with E-state index in [2.05, 4.69) is 236 Å². The molecule has 2 aromatic heterocycles. The molecule has 64 heavy (non-hydrogen) atoms. The normalized spacial score (nSPS) is 12.4. The van der Waals surface area contributed by atoms with Crippen molar-refractivity contribution in [2.24, 2.45) is 0 Å². The van der Waals surface area contributed by atoms with Crippen LogP contribution in [0.1, 0.15) is 26.3 Å². The molecule has 0 aliphatic carbocycles. The minimum absolute atomic E-state index is 0. The van der Waals surface area contributed by atoms with E-state index in [-0.39, 0.29) is 26.5 Å². The number of nitrogens with zero attached hydrogens (tertiary/aromatic N) is 4. The summed E-state index contributed by atoms with van der Waals surface area (Å²) in [5.74, 6) is 1.99. The first-order valence-electron chi connectivity index (χ1n) is 21.4. The van der Waals surface area contributed by atoms with Crippen LogP contribution >= 0.6 is 0 Å². The number of ether oxygens (including phenoxy) is 1. The zero-order valence-corrected chi connectivity index (χ0v) is 37.9. The number of benzene rings is 8. The third-order valence-electron chi connectivity index (χ3n) is 11.9. The number of hydrogen-bond donors (Lipinski definition) is 0. The Morgan fingerprint density at radius 2 is 1.16 bits per heavy atom. The van der Waals surface area contributed by atoms with Crippen LogP contribution in [0.2, 0.25) is 0 Å². The summed E-state index contributed by atoms with van der Waals surface area (Å²) in [6, 6.07) is 75.5. The molecule has 0 spiro atoms. The van der Waals surface area contributed by atoms with Crippen molar-refractivity contribution in [1.82, 2.24) is 9.55 Å². The Kier molecular flexibility index (Phi) is 10.7. The van der Waals surface area contributed by atoms with Crippen LogP contribution in [0.25, 0.3) is 61.0 Å². The van der Waals surface area contributed by atoms with Crippen LogP contribution in [0.15, 0.2) is 200 Å². The third kappa shape index (κ3) is 7.46. The molecule has 11 rings (SSSR count). The van der Waals surface area contributed by atoms with Crippen molar-refractivity contribution in [2.45, 2.75) is 26.2 Å². The van der Waals surface area contributed by atoms with Gasteiger partial charge in [0, 0.05) is 61.3 Å². The minimum Gasteiger partial charge on any atom is -0.509 e. The summed E-state index contributed by atoms with van der Waals surface area (Å²) < 4.78 is 9.21. The minimum atomic E-state index is -0.0437. The van der Waals surface area contributed by atoms with Crippen LogP contribution < -0.4 is 14.5 Å². The van der Waals surface area contributed by atoms with Crippen molar-refractivity contribution in [3.8, 4) is 50.7 Å². The zero-order valence-electron chi connectivity index (χ0n) is 35.6. The standard InChI is InChI=1S/C58H43N4O.Pt/c1-58(2,3)43-32-33-59-56(36-43)62-52-27-14-13-24-50(52)51-31-30-46(38-55(51)62)63-47-35-42(57-48(40-18-7-4-8-19-40)25-17-26-49(57)41-20-9-5-10-21-41)34-45(37-47)61-39-60(44-22-11-6-12-23-44)53-28-15-16-29-54(53)61;/h4-36,39H,1-3H3;/q-3;.